The Labute approximate surface area is 86.5 Å². The van der Waals surface area contributed by atoms with Gasteiger partial charge in [0, 0.05) is 13.7 Å². The smallest absolute Gasteiger partial charge is 0.0701 e. The third kappa shape index (κ3) is 11.8. The van der Waals surface area contributed by atoms with E-state index in [1.165, 1.54) is 0 Å². The highest BCUT2D eigenvalue weighted by atomic mass is 16.6. The van der Waals surface area contributed by atoms with E-state index >= 15 is 0 Å². The van der Waals surface area contributed by atoms with Crippen LogP contribution >= 0.6 is 0 Å². The fourth-order valence-corrected chi connectivity index (χ4v) is 0.783. The first-order valence-corrected chi connectivity index (χ1v) is 4.91. The Morgan fingerprint density at radius 1 is 0.786 bits per heavy atom. The van der Waals surface area contributed by atoms with Gasteiger partial charge in [0.2, 0.25) is 0 Å². The summed E-state index contributed by atoms with van der Waals surface area (Å²) >= 11 is 0. The van der Waals surface area contributed by atoms with Gasteiger partial charge in [-0.2, -0.15) is 0 Å². The minimum atomic E-state index is 0.614. The van der Waals surface area contributed by atoms with E-state index in [1.807, 2.05) is 13.3 Å². The summed E-state index contributed by atoms with van der Waals surface area (Å²) in [7, 11) is 1.65. The largest absolute Gasteiger partial charge is 0.382 e. The third-order valence-corrected chi connectivity index (χ3v) is 1.46. The SMILES string of the molecule is C[CH]COCCOCCOCCOC. The zero-order valence-electron chi connectivity index (χ0n) is 9.16. The molecule has 85 valence electrons. The van der Waals surface area contributed by atoms with Crippen molar-refractivity contribution in [2.45, 2.75) is 6.92 Å². The molecule has 0 aromatic carbocycles. The van der Waals surface area contributed by atoms with Crippen LogP contribution in [0, 0.1) is 6.42 Å². The molecule has 0 spiro atoms. The van der Waals surface area contributed by atoms with Gasteiger partial charge in [-0.3, -0.25) is 0 Å². The van der Waals surface area contributed by atoms with Crippen LogP contribution in [0.25, 0.3) is 0 Å². The fourth-order valence-electron chi connectivity index (χ4n) is 0.783. The lowest BCUT2D eigenvalue weighted by Gasteiger charge is -2.05. The zero-order valence-corrected chi connectivity index (χ0v) is 9.16. The van der Waals surface area contributed by atoms with Gasteiger partial charge in [-0.1, -0.05) is 6.92 Å². The lowest BCUT2D eigenvalue weighted by molar-refractivity contribution is 0.00620. The Kier molecular flexibility index (Phi) is 12.7. The molecule has 1 radical (unpaired) electrons. The summed E-state index contributed by atoms with van der Waals surface area (Å²) in [5.74, 6) is 0. The molecule has 0 aliphatic carbocycles. The summed E-state index contributed by atoms with van der Waals surface area (Å²) in [4.78, 5) is 0. The Morgan fingerprint density at radius 2 is 1.29 bits per heavy atom. The first-order chi connectivity index (χ1) is 6.91. The Balaban J connectivity index is 2.78. The summed E-state index contributed by atoms with van der Waals surface area (Å²) in [6, 6.07) is 0. The quantitative estimate of drug-likeness (QED) is 0.470. The highest BCUT2D eigenvalue weighted by Crippen LogP contribution is 1.82. The van der Waals surface area contributed by atoms with E-state index in [0.717, 1.165) is 0 Å². The fraction of sp³-hybridized carbons (Fsp3) is 0.900. The van der Waals surface area contributed by atoms with E-state index in [4.69, 9.17) is 18.9 Å². The number of ether oxygens (including phenoxy) is 4. The summed E-state index contributed by atoms with van der Waals surface area (Å²) in [6.07, 6.45) is 1.97. The molecule has 0 N–H and O–H groups in total. The highest BCUT2D eigenvalue weighted by molar-refractivity contribution is 4.50. The van der Waals surface area contributed by atoms with Crippen LogP contribution < -0.4 is 0 Å². The van der Waals surface area contributed by atoms with Crippen molar-refractivity contribution in [3.05, 3.63) is 6.42 Å². The molecule has 4 nitrogen and oxygen atoms in total. The average molecular weight is 205 g/mol. The minimum absolute atomic E-state index is 0.614. The molecule has 0 atom stereocenters. The highest BCUT2D eigenvalue weighted by Gasteiger charge is 1.90. The van der Waals surface area contributed by atoms with Gasteiger partial charge < -0.3 is 18.9 Å². The molecule has 0 rings (SSSR count). The number of hydrogen-bond donors (Lipinski definition) is 0. The molecule has 0 heterocycles. The van der Waals surface area contributed by atoms with Crippen molar-refractivity contribution in [2.75, 3.05) is 53.4 Å². The summed E-state index contributed by atoms with van der Waals surface area (Å²) < 4.78 is 20.5. The van der Waals surface area contributed by atoms with Gasteiger partial charge in [-0.25, -0.2) is 0 Å². The number of rotatable bonds is 11. The first-order valence-electron chi connectivity index (χ1n) is 4.91. The molecule has 14 heavy (non-hydrogen) atoms. The Morgan fingerprint density at radius 3 is 1.79 bits per heavy atom. The minimum Gasteiger partial charge on any atom is -0.382 e. The molecule has 0 aromatic heterocycles. The molecule has 4 heteroatoms. The van der Waals surface area contributed by atoms with Gasteiger partial charge in [0.25, 0.3) is 0 Å². The van der Waals surface area contributed by atoms with Crippen LogP contribution in [0.3, 0.4) is 0 Å². The van der Waals surface area contributed by atoms with Crippen molar-refractivity contribution in [2.24, 2.45) is 0 Å². The van der Waals surface area contributed by atoms with Crippen LogP contribution in [0.1, 0.15) is 6.92 Å². The second-order valence-electron chi connectivity index (χ2n) is 2.70. The van der Waals surface area contributed by atoms with E-state index in [0.29, 0.717) is 46.2 Å². The van der Waals surface area contributed by atoms with Gasteiger partial charge in [0.1, 0.15) is 0 Å². The maximum Gasteiger partial charge on any atom is 0.0701 e. The molecule has 0 aromatic rings. The van der Waals surface area contributed by atoms with Crippen LogP contribution in [-0.4, -0.2) is 53.4 Å². The molecule has 0 aliphatic heterocycles. The lowest BCUT2D eigenvalue weighted by Crippen LogP contribution is -2.11. The van der Waals surface area contributed by atoms with Gasteiger partial charge >= 0.3 is 0 Å². The molecule has 0 unspecified atom stereocenters. The van der Waals surface area contributed by atoms with Crippen molar-refractivity contribution < 1.29 is 18.9 Å². The van der Waals surface area contributed by atoms with Crippen molar-refractivity contribution in [1.29, 1.82) is 0 Å². The van der Waals surface area contributed by atoms with Crippen molar-refractivity contribution in [3.63, 3.8) is 0 Å². The molecular formula is C10H21O4. The van der Waals surface area contributed by atoms with Crippen LogP contribution in [0.5, 0.6) is 0 Å². The van der Waals surface area contributed by atoms with Crippen LogP contribution in [0.15, 0.2) is 0 Å². The molecule has 0 fully saturated rings. The zero-order chi connectivity index (χ0) is 10.5. The van der Waals surface area contributed by atoms with Gasteiger partial charge in [-0.15, -0.1) is 0 Å². The van der Waals surface area contributed by atoms with Crippen LogP contribution in [0.4, 0.5) is 0 Å². The summed E-state index contributed by atoms with van der Waals surface area (Å²) in [5, 5.41) is 0. The normalized spacial score (nSPS) is 10.7. The van der Waals surface area contributed by atoms with Crippen LogP contribution in [0.2, 0.25) is 0 Å². The molecule has 0 saturated carbocycles. The van der Waals surface area contributed by atoms with Gasteiger partial charge in [-0.05, 0) is 6.42 Å². The molecule has 0 amide bonds. The number of methoxy groups -OCH3 is 1. The molecule has 0 bridgehead atoms. The maximum atomic E-state index is 5.26. The molecule has 0 saturated heterocycles. The monoisotopic (exact) mass is 205 g/mol. The average Bonchev–Trinajstić information content (AvgIpc) is 2.21. The van der Waals surface area contributed by atoms with E-state index < -0.39 is 0 Å². The van der Waals surface area contributed by atoms with E-state index in [-0.39, 0.29) is 0 Å². The molecular weight excluding hydrogens is 184 g/mol. The van der Waals surface area contributed by atoms with Gasteiger partial charge in [0.15, 0.2) is 0 Å². The number of hydrogen-bond acceptors (Lipinski definition) is 4. The summed E-state index contributed by atoms with van der Waals surface area (Å²) in [5.41, 5.74) is 0. The van der Waals surface area contributed by atoms with Crippen molar-refractivity contribution >= 4 is 0 Å². The maximum absolute atomic E-state index is 5.26. The van der Waals surface area contributed by atoms with Gasteiger partial charge in [0.05, 0.1) is 39.6 Å². The van der Waals surface area contributed by atoms with Crippen molar-refractivity contribution in [3.8, 4) is 0 Å². The first kappa shape index (κ1) is 13.8. The van der Waals surface area contributed by atoms with E-state index in [9.17, 15) is 0 Å². The van der Waals surface area contributed by atoms with E-state index in [1.54, 1.807) is 7.11 Å². The lowest BCUT2D eigenvalue weighted by atomic mass is 10.5. The molecule has 0 aliphatic rings. The second-order valence-corrected chi connectivity index (χ2v) is 2.70. The van der Waals surface area contributed by atoms with E-state index in [2.05, 4.69) is 0 Å². The Hall–Kier alpha value is -0.160. The predicted molar refractivity (Wildman–Crippen MR) is 54.3 cm³/mol. The topological polar surface area (TPSA) is 36.9 Å². The van der Waals surface area contributed by atoms with Crippen molar-refractivity contribution in [1.82, 2.24) is 0 Å². The summed E-state index contributed by atoms with van der Waals surface area (Å²) in [6.45, 7) is 6.41. The second kappa shape index (κ2) is 12.8. The standard InChI is InChI=1S/C10H21O4/c1-3-4-12-7-8-14-10-9-13-6-5-11-2/h3H,4-10H2,1-2H3. The Bertz CT molecular complexity index is 86.1. The van der Waals surface area contributed by atoms with Crippen LogP contribution in [-0.2, 0) is 18.9 Å². The predicted octanol–water partition coefficient (Wildman–Crippen LogP) is 0.907. The third-order valence-electron chi connectivity index (χ3n) is 1.46.